The van der Waals surface area contributed by atoms with Crippen molar-refractivity contribution in [3.63, 3.8) is 0 Å². The lowest BCUT2D eigenvalue weighted by molar-refractivity contribution is 0.411. The second kappa shape index (κ2) is 6.24. The SMILES string of the molecule is COc1c(Br)ccc(NCc2cnc(Cl)s2)c1C#N. The summed E-state index contributed by atoms with van der Waals surface area (Å²) in [5, 5.41) is 12.4. The molecule has 0 fully saturated rings. The maximum Gasteiger partial charge on any atom is 0.183 e. The minimum Gasteiger partial charge on any atom is -0.494 e. The van der Waals surface area contributed by atoms with Crippen molar-refractivity contribution in [3.05, 3.63) is 37.7 Å². The van der Waals surface area contributed by atoms with Crippen LogP contribution in [0.2, 0.25) is 4.47 Å². The van der Waals surface area contributed by atoms with E-state index in [2.05, 4.69) is 32.3 Å². The molecule has 98 valence electrons. The number of rotatable bonds is 4. The van der Waals surface area contributed by atoms with Gasteiger partial charge in [0.15, 0.2) is 10.2 Å². The number of nitrogens with one attached hydrogen (secondary N) is 1. The van der Waals surface area contributed by atoms with E-state index in [0.29, 0.717) is 28.0 Å². The molecule has 1 aromatic carbocycles. The molecule has 0 saturated heterocycles. The molecule has 0 aliphatic rings. The van der Waals surface area contributed by atoms with Gasteiger partial charge in [0.05, 0.1) is 23.8 Å². The van der Waals surface area contributed by atoms with Crippen LogP contribution >= 0.6 is 38.9 Å². The van der Waals surface area contributed by atoms with Crippen LogP contribution in [0.1, 0.15) is 10.4 Å². The number of anilines is 1. The van der Waals surface area contributed by atoms with Crippen molar-refractivity contribution in [2.45, 2.75) is 6.54 Å². The first-order valence-corrected chi connectivity index (χ1v) is 7.25. The van der Waals surface area contributed by atoms with Gasteiger partial charge in [0.25, 0.3) is 0 Å². The lowest BCUT2D eigenvalue weighted by Crippen LogP contribution is -2.01. The third-order valence-corrected chi connectivity index (χ3v) is 4.14. The fourth-order valence-corrected chi connectivity index (χ4v) is 2.97. The lowest BCUT2D eigenvalue weighted by atomic mass is 10.1. The van der Waals surface area contributed by atoms with E-state index in [-0.39, 0.29) is 0 Å². The third-order valence-electron chi connectivity index (χ3n) is 2.40. The Morgan fingerprint density at radius 3 is 2.95 bits per heavy atom. The topological polar surface area (TPSA) is 57.9 Å². The summed E-state index contributed by atoms with van der Waals surface area (Å²) in [6, 6.07) is 5.80. The van der Waals surface area contributed by atoms with Gasteiger partial charge in [-0.3, -0.25) is 0 Å². The highest BCUT2D eigenvalue weighted by Gasteiger charge is 2.12. The molecule has 0 radical (unpaired) electrons. The Morgan fingerprint density at radius 1 is 1.58 bits per heavy atom. The van der Waals surface area contributed by atoms with Crippen LogP contribution in [0.15, 0.2) is 22.8 Å². The predicted molar refractivity (Wildman–Crippen MR) is 79.9 cm³/mol. The van der Waals surface area contributed by atoms with Crippen molar-refractivity contribution in [2.24, 2.45) is 0 Å². The molecule has 19 heavy (non-hydrogen) atoms. The standard InChI is InChI=1S/C12H9BrClN3OS/c1-18-11-8(4-15)10(3-2-9(11)13)16-5-7-6-17-12(14)19-7/h2-3,6,16H,5H2,1H3. The second-order valence-electron chi connectivity index (χ2n) is 3.55. The monoisotopic (exact) mass is 357 g/mol. The van der Waals surface area contributed by atoms with Crippen LogP contribution in [0, 0.1) is 11.3 Å². The molecule has 0 bridgehead atoms. The largest absolute Gasteiger partial charge is 0.494 e. The Morgan fingerprint density at radius 2 is 2.37 bits per heavy atom. The fraction of sp³-hybridized carbons (Fsp3) is 0.167. The van der Waals surface area contributed by atoms with Crippen molar-refractivity contribution in [3.8, 4) is 11.8 Å². The van der Waals surface area contributed by atoms with Gasteiger partial charge in [0, 0.05) is 11.1 Å². The molecule has 1 aromatic heterocycles. The molecule has 0 saturated carbocycles. The number of thiazole rings is 1. The molecule has 0 aliphatic heterocycles. The summed E-state index contributed by atoms with van der Waals surface area (Å²) >= 11 is 10.5. The summed E-state index contributed by atoms with van der Waals surface area (Å²) < 4.78 is 6.48. The van der Waals surface area contributed by atoms with Crippen LogP contribution in [-0.4, -0.2) is 12.1 Å². The molecule has 7 heteroatoms. The molecule has 4 nitrogen and oxygen atoms in total. The van der Waals surface area contributed by atoms with E-state index in [1.54, 1.807) is 6.20 Å². The van der Waals surface area contributed by atoms with E-state index in [9.17, 15) is 5.26 Å². The molecule has 1 N–H and O–H groups in total. The zero-order chi connectivity index (χ0) is 13.8. The van der Waals surface area contributed by atoms with Crippen molar-refractivity contribution in [2.75, 3.05) is 12.4 Å². The number of benzene rings is 1. The van der Waals surface area contributed by atoms with Gasteiger partial charge in [0.2, 0.25) is 0 Å². The van der Waals surface area contributed by atoms with Gasteiger partial charge >= 0.3 is 0 Å². The van der Waals surface area contributed by atoms with Crippen LogP contribution < -0.4 is 10.1 Å². The minimum absolute atomic E-state index is 0.465. The Bertz CT molecular complexity index is 638. The first-order chi connectivity index (χ1) is 9.15. The summed E-state index contributed by atoms with van der Waals surface area (Å²) in [6.07, 6.45) is 1.71. The third kappa shape index (κ3) is 3.18. The quantitative estimate of drug-likeness (QED) is 0.895. The predicted octanol–water partition coefficient (Wildman–Crippen LogP) is 4.05. The number of nitrogens with zero attached hydrogens (tertiary/aromatic N) is 2. The van der Waals surface area contributed by atoms with Crippen LogP contribution in [0.25, 0.3) is 0 Å². The molecule has 0 amide bonds. The fourth-order valence-electron chi connectivity index (χ4n) is 1.56. The van der Waals surface area contributed by atoms with Crippen molar-refractivity contribution < 1.29 is 4.74 Å². The Hall–Kier alpha value is -1.29. The summed E-state index contributed by atoms with van der Waals surface area (Å²) in [5.74, 6) is 0.523. The summed E-state index contributed by atoms with van der Waals surface area (Å²) in [6.45, 7) is 0.559. The van der Waals surface area contributed by atoms with E-state index >= 15 is 0 Å². The number of nitriles is 1. The number of ether oxygens (including phenoxy) is 1. The number of methoxy groups -OCH3 is 1. The summed E-state index contributed by atoms with van der Waals surface area (Å²) in [5.41, 5.74) is 1.18. The van der Waals surface area contributed by atoms with Crippen molar-refractivity contribution in [1.82, 2.24) is 4.98 Å². The molecule has 0 unspecified atom stereocenters. The van der Waals surface area contributed by atoms with Crippen LogP contribution in [0.5, 0.6) is 5.75 Å². The molecule has 0 atom stereocenters. The van der Waals surface area contributed by atoms with Gasteiger partial charge < -0.3 is 10.1 Å². The lowest BCUT2D eigenvalue weighted by Gasteiger charge is -2.11. The van der Waals surface area contributed by atoms with Crippen LogP contribution in [0.3, 0.4) is 0 Å². The van der Waals surface area contributed by atoms with E-state index in [1.165, 1.54) is 18.4 Å². The molecule has 2 rings (SSSR count). The maximum absolute atomic E-state index is 9.23. The van der Waals surface area contributed by atoms with E-state index in [4.69, 9.17) is 16.3 Å². The second-order valence-corrected chi connectivity index (χ2v) is 6.10. The summed E-state index contributed by atoms with van der Waals surface area (Å²) in [4.78, 5) is 4.96. The smallest absolute Gasteiger partial charge is 0.183 e. The average molecular weight is 359 g/mol. The van der Waals surface area contributed by atoms with Gasteiger partial charge in [0.1, 0.15) is 11.6 Å². The molecular weight excluding hydrogens is 350 g/mol. The van der Waals surface area contributed by atoms with Crippen LogP contribution in [-0.2, 0) is 6.54 Å². The average Bonchev–Trinajstić information content (AvgIpc) is 2.82. The number of halogens is 2. The van der Waals surface area contributed by atoms with Gasteiger partial charge in [-0.05, 0) is 28.1 Å². The van der Waals surface area contributed by atoms with Gasteiger partial charge in [-0.15, -0.1) is 11.3 Å². The van der Waals surface area contributed by atoms with E-state index in [1.807, 2.05) is 12.1 Å². The van der Waals surface area contributed by atoms with Gasteiger partial charge in [-0.1, -0.05) is 11.6 Å². The van der Waals surface area contributed by atoms with Crippen molar-refractivity contribution >= 4 is 44.6 Å². The Kier molecular flexibility index (Phi) is 4.64. The van der Waals surface area contributed by atoms with E-state index in [0.717, 1.165) is 9.35 Å². The molecule has 1 heterocycles. The highest BCUT2D eigenvalue weighted by atomic mass is 79.9. The normalized spacial score (nSPS) is 10.0. The highest BCUT2D eigenvalue weighted by Crippen LogP contribution is 2.34. The molecular formula is C12H9BrClN3OS. The van der Waals surface area contributed by atoms with Crippen LogP contribution in [0.4, 0.5) is 5.69 Å². The van der Waals surface area contributed by atoms with Crippen molar-refractivity contribution in [1.29, 1.82) is 5.26 Å². The number of hydrogen-bond donors (Lipinski definition) is 1. The van der Waals surface area contributed by atoms with E-state index < -0.39 is 0 Å². The number of hydrogen-bond acceptors (Lipinski definition) is 5. The Balaban J connectivity index is 2.23. The maximum atomic E-state index is 9.23. The zero-order valence-corrected chi connectivity index (χ0v) is 13.1. The molecule has 2 aromatic rings. The molecule has 0 spiro atoms. The zero-order valence-electron chi connectivity index (χ0n) is 9.91. The molecule has 0 aliphatic carbocycles. The minimum atomic E-state index is 0.465. The first kappa shape index (κ1) is 14.1. The first-order valence-electron chi connectivity index (χ1n) is 5.26. The summed E-state index contributed by atoms with van der Waals surface area (Å²) in [7, 11) is 1.54. The number of aromatic nitrogens is 1. The van der Waals surface area contributed by atoms with Gasteiger partial charge in [-0.2, -0.15) is 5.26 Å². The highest BCUT2D eigenvalue weighted by molar-refractivity contribution is 9.10. The Labute approximate surface area is 128 Å². The van der Waals surface area contributed by atoms with Gasteiger partial charge in [-0.25, -0.2) is 4.98 Å².